The molecule has 0 aliphatic rings. The van der Waals surface area contributed by atoms with Crippen LogP contribution in [0, 0.1) is 13.8 Å². The lowest BCUT2D eigenvalue weighted by Crippen LogP contribution is -1.89. The zero-order valence-electron chi connectivity index (χ0n) is 9.90. The second kappa shape index (κ2) is 5.11. The van der Waals surface area contributed by atoms with Crippen molar-refractivity contribution in [3.63, 3.8) is 0 Å². The van der Waals surface area contributed by atoms with Gasteiger partial charge in [-0.1, -0.05) is 23.8 Å². The smallest absolute Gasteiger partial charge is 0.123 e. The highest BCUT2D eigenvalue weighted by Gasteiger charge is 2.07. The largest absolute Gasteiger partial charge is 0.507 e. The average molecular weight is 250 g/mol. The second-order valence-corrected chi connectivity index (χ2v) is 4.09. The van der Waals surface area contributed by atoms with Gasteiger partial charge in [0.25, 0.3) is 0 Å². The quantitative estimate of drug-likeness (QED) is 0.598. The summed E-state index contributed by atoms with van der Waals surface area (Å²) in [6.07, 6.45) is 0. The summed E-state index contributed by atoms with van der Waals surface area (Å²) in [5.41, 5.74) is 10.5. The van der Waals surface area contributed by atoms with E-state index < -0.39 is 0 Å². The molecule has 2 aromatic carbocycles. The Labute approximate surface area is 108 Å². The van der Waals surface area contributed by atoms with Crippen LogP contribution in [-0.2, 0) is 0 Å². The molecule has 0 fully saturated rings. The van der Waals surface area contributed by atoms with Gasteiger partial charge >= 0.3 is 0 Å². The molecule has 0 saturated heterocycles. The summed E-state index contributed by atoms with van der Waals surface area (Å²) < 4.78 is 0. The molecule has 90 valence electrons. The minimum atomic E-state index is 0. The normalized spacial score (nSPS) is 9.76. The van der Waals surface area contributed by atoms with Gasteiger partial charge in [-0.3, -0.25) is 0 Å². The van der Waals surface area contributed by atoms with Crippen LogP contribution < -0.4 is 5.73 Å². The number of hydrogen-bond acceptors (Lipinski definition) is 2. The highest BCUT2D eigenvalue weighted by Crippen LogP contribution is 2.33. The molecule has 0 aliphatic heterocycles. The first-order valence-corrected chi connectivity index (χ1v) is 5.24. The molecule has 0 heterocycles. The van der Waals surface area contributed by atoms with Gasteiger partial charge in [0.2, 0.25) is 0 Å². The number of phenols is 1. The van der Waals surface area contributed by atoms with Crippen LogP contribution in [-0.4, -0.2) is 5.11 Å². The van der Waals surface area contributed by atoms with Gasteiger partial charge in [0.05, 0.1) is 0 Å². The molecule has 2 rings (SSSR count). The Bertz CT molecular complexity index is 488. The van der Waals surface area contributed by atoms with E-state index in [1.807, 2.05) is 19.9 Å². The molecule has 2 aromatic rings. The van der Waals surface area contributed by atoms with Gasteiger partial charge in [0.1, 0.15) is 5.75 Å². The Morgan fingerprint density at radius 1 is 0.941 bits per heavy atom. The maximum atomic E-state index is 9.85. The van der Waals surface area contributed by atoms with E-state index in [4.69, 9.17) is 5.73 Å². The molecule has 0 bridgehead atoms. The molecule has 3 N–H and O–H groups in total. The van der Waals surface area contributed by atoms with Crippen molar-refractivity contribution in [2.75, 3.05) is 5.73 Å². The van der Waals surface area contributed by atoms with Gasteiger partial charge < -0.3 is 10.8 Å². The number of aromatic hydroxyl groups is 1. The summed E-state index contributed by atoms with van der Waals surface area (Å²) in [5.74, 6) is 0.267. The van der Waals surface area contributed by atoms with Crippen LogP contribution in [0.3, 0.4) is 0 Å². The van der Waals surface area contributed by atoms with Crippen LogP contribution in [0.15, 0.2) is 36.4 Å². The van der Waals surface area contributed by atoms with Crippen LogP contribution in [0.25, 0.3) is 11.1 Å². The fraction of sp³-hybridized carbons (Fsp3) is 0.143. The van der Waals surface area contributed by atoms with Crippen LogP contribution in [0.5, 0.6) is 5.75 Å². The average Bonchev–Trinajstić information content (AvgIpc) is 2.25. The molecule has 0 aliphatic carbocycles. The Hall–Kier alpha value is -1.67. The van der Waals surface area contributed by atoms with Crippen LogP contribution in [0.2, 0.25) is 0 Å². The Balaban J connectivity index is 0.00000144. The van der Waals surface area contributed by atoms with Crippen molar-refractivity contribution in [3.8, 4) is 16.9 Å². The number of aryl methyl sites for hydroxylation is 2. The van der Waals surface area contributed by atoms with Crippen LogP contribution >= 0.6 is 12.4 Å². The zero-order valence-corrected chi connectivity index (χ0v) is 10.7. The summed E-state index contributed by atoms with van der Waals surface area (Å²) in [6, 6.07) is 11.3. The summed E-state index contributed by atoms with van der Waals surface area (Å²) in [6.45, 7) is 4.06. The Morgan fingerprint density at radius 2 is 1.65 bits per heavy atom. The van der Waals surface area contributed by atoms with Gasteiger partial charge in [-0.05, 0) is 43.2 Å². The number of nitrogen functional groups attached to an aromatic ring is 1. The number of nitrogens with two attached hydrogens (primary N) is 1. The Morgan fingerprint density at radius 3 is 2.35 bits per heavy atom. The van der Waals surface area contributed by atoms with Crippen LogP contribution in [0.4, 0.5) is 5.69 Å². The number of hydrogen-bond donors (Lipinski definition) is 2. The molecule has 0 amide bonds. The van der Waals surface area contributed by atoms with E-state index in [0.717, 1.165) is 16.7 Å². The summed E-state index contributed by atoms with van der Waals surface area (Å²) in [4.78, 5) is 0. The first-order chi connectivity index (χ1) is 7.58. The maximum Gasteiger partial charge on any atom is 0.123 e. The van der Waals surface area contributed by atoms with Crippen molar-refractivity contribution in [2.24, 2.45) is 0 Å². The molecule has 3 heteroatoms. The molecular weight excluding hydrogens is 234 g/mol. The Kier molecular flexibility index (Phi) is 4.02. The van der Waals surface area contributed by atoms with Crippen molar-refractivity contribution in [2.45, 2.75) is 13.8 Å². The van der Waals surface area contributed by atoms with E-state index in [0.29, 0.717) is 5.69 Å². The SMILES string of the molecule is Cc1ccc(C)c(-c2cc(N)ccc2O)c1.Cl. The summed E-state index contributed by atoms with van der Waals surface area (Å²) in [5, 5.41) is 9.85. The fourth-order valence-electron chi connectivity index (χ4n) is 1.80. The van der Waals surface area contributed by atoms with Crippen molar-refractivity contribution >= 4 is 18.1 Å². The lowest BCUT2D eigenvalue weighted by atomic mass is 9.97. The fourth-order valence-corrected chi connectivity index (χ4v) is 1.80. The molecular formula is C14H16ClNO. The van der Waals surface area contributed by atoms with E-state index in [1.165, 1.54) is 5.56 Å². The molecule has 0 spiro atoms. The third kappa shape index (κ3) is 2.71. The number of phenolic OH excluding ortho intramolecular Hbond substituents is 1. The number of anilines is 1. The van der Waals surface area contributed by atoms with Gasteiger partial charge in [-0.15, -0.1) is 12.4 Å². The first-order valence-electron chi connectivity index (χ1n) is 5.24. The lowest BCUT2D eigenvalue weighted by molar-refractivity contribution is 0.477. The molecule has 0 unspecified atom stereocenters. The number of rotatable bonds is 1. The van der Waals surface area contributed by atoms with Crippen molar-refractivity contribution in [1.82, 2.24) is 0 Å². The van der Waals surface area contributed by atoms with Crippen molar-refractivity contribution in [3.05, 3.63) is 47.5 Å². The molecule has 2 nitrogen and oxygen atoms in total. The van der Waals surface area contributed by atoms with E-state index in [2.05, 4.69) is 12.1 Å². The molecule has 0 radical (unpaired) electrons. The van der Waals surface area contributed by atoms with E-state index >= 15 is 0 Å². The maximum absolute atomic E-state index is 9.85. The minimum Gasteiger partial charge on any atom is -0.507 e. The highest BCUT2D eigenvalue weighted by atomic mass is 35.5. The first kappa shape index (κ1) is 13.4. The predicted octanol–water partition coefficient (Wildman–Crippen LogP) is 3.68. The van der Waals surface area contributed by atoms with Gasteiger partial charge in [0, 0.05) is 11.3 Å². The van der Waals surface area contributed by atoms with Crippen LogP contribution in [0.1, 0.15) is 11.1 Å². The van der Waals surface area contributed by atoms with Gasteiger partial charge in [0.15, 0.2) is 0 Å². The van der Waals surface area contributed by atoms with Gasteiger partial charge in [-0.25, -0.2) is 0 Å². The lowest BCUT2D eigenvalue weighted by Gasteiger charge is -2.10. The van der Waals surface area contributed by atoms with Crippen molar-refractivity contribution in [1.29, 1.82) is 0 Å². The van der Waals surface area contributed by atoms with E-state index in [1.54, 1.807) is 18.2 Å². The highest BCUT2D eigenvalue weighted by molar-refractivity contribution is 5.85. The second-order valence-electron chi connectivity index (χ2n) is 4.09. The van der Waals surface area contributed by atoms with E-state index in [-0.39, 0.29) is 18.2 Å². The third-order valence-electron chi connectivity index (χ3n) is 2.70. The number of halogens is 1. The standard InChI is InChI=1S/C14H15NO.ClH/c1-9-3-4-10(2)12(7-9)13-8-11(15)5-6-14(13)16;/h3-8,16H,15H2,1-2H3;1H. The molecule has 0 atom stereocenters. The summed E-state index contributed by atoms with van der Waals surface area (Å²) >= 11 is 0. The van der Waals surface area contributed by atoms with Gasteiger partial charge in [-0.2, -0.15) is 0 Å². The minimum absolute atomic E-state index is 0. The van der Waals surface area contributed by atoms with Crippen molar-refractivity contribution < 1.29 is 5.11 Å². The summed E-state index contributed by atoms with van der Waals surface area (Å²) in [7, 11) is 0. The monoisotopic (exact) mass is 249 g/mol. The zero-order chi connectivity index (χ0) is 11.7. The molecule has 0 aromatic heterocycles. The number of benzene rings is 2. The molecule has 17 heavy (non-hydrogen) atoms. The predicted molar refractivity (Wildman–Crippen MR) is 74.7 cm³/mol. The third-order valence-corrected chi connectivity index (χ3v) is 2.70. The molecule has 0 saturated carbocycles. The van der Waals surface area contributed by atoms with E-state index in [9.17, 15) is 5.11 Å². The topological polar surface area (TPSA) is 46.2 Å².